The molecule has 2 rings (SSSR count). The Balaban J connectivity index is 1.81. The number of fused-ring (bicyclic) bond motifs is 1. The quantitative estimate of drug-likeness (QED) is 0.547. The molecule has 2 unspecified atom stereocenters. The molecule has 22 heavy (non-hydrogen) atoms. The van der Waals surface area contributed by atoms with Gasteiger partial charge >= 0.3 is 6.03 Å². The number of hydrogen-bond acceptors (Lipinski definition) is 4. The molecule has 0 radical (unpaired) electrons. The molecule has 2 atom stereocenters. The van der Waals surface area contributed by atoms with E-state index in [-0.39, 0.29) is 18.8 Å². The maximum atomic E-state index is 11.8. The van der Waals surface area contributed by atoms with E-state index in [1.165, 1.54) is 0 Å². The zero-order valence-electron chi connectivity index (χ0n) is 12.4. The number of rotatable bonds is 6. The van der Waals surface area contributed by atoms with Crippen LogP contribution < -0.4 is 15.4 Å². The van der Waals surface area contributed by atoms with Gasteiger partial charge in [-0.15, -0.1) is 0 Å². The maximum Gasteiger partial charge on any atom is 0.315 e. The van der Waals surface area contributed by atoms with Gasteiger partial charge in [0.2, 0.25) is 10.0 Å². The van der Waals surface area contributed by atoms with Gasteiger partial charge in [-0.25, -0.2) is 17.9 Å². The second-order valence-corrected chi connectivity index (χ2v) is 7.24. The van der Waals surface area contributed by atoms with Crippen molar-refractivity contribution in [2.45, 2.75) is 25.5 Å². The number of benzene rings is 1. The summed E-state index contributed by atoms with van der Waals surface area (Å²) >= 11 is 0. The van der Waals surface area contributed by atoms with Crippen LogP contribution in [0.15, 0.2) is 24.3 Å². The molecule has 0 aromatic heterocycles. The number of hydrogen-bond donors (Lipinski definition) is 4. The molecule has 7 nitrogen and oxygen atoms in total. The van der Waals surface area contributed by atoms with E-state index in [1.807, 2.05) is 24.3 Å². The Hall–Kier alpha value is -1.64. The Bertz CT molecular complexity index is 633. The minimum Gasteiger partial charge on any atom is -0.390 e. The molecule has 0 heterocycles. The lowest BCUT2D eigenvalue weighted by Gasteiger charge is -2.18. The molecule has 0 saturated heterocycles. The van der Waals surface area contributed by atoms with Gasteiger partial charge in [-0.1, -0.05) is 24.3 Å². The fourth-order valence-corrected chi connectivity index (χ4v) is 3.04. The van der Waals surface area contributed by atoms with Crippen LogP contribution in [-0.4, -0.2) is 44.5 Å². The van der Waals surface area contributed by atoms with Crippen LogP contribution in [0.5, 0.6) is 0 Å². The summed E-state index contributed by atoms with van der Waals surface area (Å²) in [4.78, 5) is 11.8. The Labute approximate surface area is 130 Å². The van der Waals surface area contributed by atoms with E-state index in [2.05, 4.69) is 15.4 Å². The number of amides is 2. The van der Waals surface area contributed by atoms with Crippen molar-refractivity contribution in [3.63, 3.8) is 0 Å². The van der Waals surface area contributed by atoms with Crippen molar-refractivity contribution in [3.8, 4) is 0 Å². The smallest absolute Gasteiger partial charge is 0.315 e. The van der Waals surface area contributed by atoms with Crippen molar-refractivity contribution in [2.75, 3.05) is 18.8 Å². The molecule has 0 bridgehead atoms. The zero-order valence-corrected chi connectivity index (χ0v) is 13.2. The molecule has 0 aliphatic heterocycles. The van der Waals surface area contributed by atoms with Gasteiger partial charge in [0, 0.05) is 19.5 Å². The van der Waals surface area contributed by atoms with Crippen LogP contribution in [0.2, 0.25) is 0 Å². The lowest BCUT2D eigenvalue weighted by atomic mass is 10.1. The average Bonchev–Trinajstić information content (AvgIpc) is 2.80. The molecule has 122 valence electrons. The third-order valence-corrected chi connectivity index (χ3v) is 5.01. The van der Waals surface area contributed by atoms with Gasteiger partial charge in [0.1, 0.15) is 0 Å². The predicted octanol–water partition coefficient (Wildman–Crippen LogP) is -0.117. The molecular weight excluding hydrogens is 306 g/mol. The van der Waals surface area contributed by atoms with E-state index in [0.29, 0.717) is 6.42 Å². The highest BCUT2D eigenvalue weighted by Crippen LogP contribution is 2.30. The molecule has 1 aromatic rings. The van der Waals surface area contributed by atoms with E-state index in [1.54, 1.807) is 6.92 Å². The molecule has 8 heteroatoms. The largest absolute Gasteiger partial charge is 0.390 e. The topological polar surface area (TPSA) is 108 Å². The van der Waals surface area contributed by atoms with Crippen LogP contribution in [0.4, 0.5) is 4.79 Å². The molecule has 4 N–H and O–H groups in total. The summed E-state index contributed by atoms with van der Waals surface area (Å²) in [6.45, 7) is 1.85. The Kier molecular flexibility index (Phi) is 5.38. The molecule has 1 aliphatic rings. The van der Waals surface area contributed by atoms with Gasteiger partial charge in [0.05, 0.1) is 17.9 Å². The number of urea groups is 1. The van der Waals surface area contributed by atoms with Gasteiger partial charge in [-0.05, 0) is 18.1 Å². The third kappa shape index (κ3) is 4.19. The van der Waals surface area contributed by atoms with E-state index in [4.69, 9.17) is 0 Å². The van der Waals surface area contributed by atoms with E-state index in [9.17, 15) is 18.3 Å². The lowest BCUT2D eigenvalue weighted by molar-refractivity contribution is 0.142. The molecule has 0 saturated carbocycles. The molecule has 1 aromatic carbocycles. The summed E-state index contributed by atoms with van der Waals surface area (Å²) in [6.07, 6.45) is -0.140. The number of carbonyl (C=O) groups excluding carboxylic acids is 1. The standard InChI is InChI=1S/C14H21N3O4S/c1-2-22(20,21)16-8-7-15-14(19)17-13-11-6-4-3-5-10(11)9-12(13)18/h3-6,12-13,16,18H,2,7-9H2,1H3,(H2,15,17,19). The molecule has 0 spiro atoms. The van der Waals surface area contributed by atoms with Crippen LogP contribution in [0.3, 0.4) is 0 Å². The third-order valence-electron chi connectivity index (χ3n) is 3.60. The normalized spacial score (nSPS) is 20.5. The minimum atomic E-state index is -3.25. The van der Waals surface area contributed by atoms with Crippen LogP contribution in [0, 0.1) is 0 Å². The number of carbonyl (C=O) groups is 1. The Morgan fingerprint density at radius 1 is 1.32 bits per heavy atom. The zero-order chi connectivity index (χ0) is 16.2. The fraction of sp³-hybridized carbons (Fsp3) is 0.500. The van der Waals surface area contributed by atoms with Gasteiger partial charge in [-0.2, -0.15) is 0 Å². The fourth-order valence-electron chi connectivity index (χ4n) is 2.42. The first kappa shape index (κ1) is 16.7. The van der Waals surface area contributed by atoms with Crippen LogP contribution >= 0.6 is 0 Å². The first-order valence-corrected chi connectivity index (χ1v) is 8.85. The number of aliphatic hydroxyl groups is 1. The molecule has 1 aliphatic carbocycles. The van der Waals surface area contributed by atoms with Gasteiger partial charge in [0.25, 0.3) is 0 Å². The first-order chi connectivity index (χ1) is 10.4. The van der Waals surface area contributed by atoms with E-state index >= 15 is 0 Å². The second-order valence-electron chi connectivity index (χ2n) is 5.15. The van der Waals surface area contributed by atoms with E-state index < -0.39 is 28.2 Å². The summed E-state index contributed by atoms with van der Waals surface area (Å²) in [5.41, 5.74) is 1.94. The van der Waals surface area contributed by atoms with Crippen LogP contribution in [0.25, 0.3) is 0 Å². The SMILES string of the molecule is CCS(=O)(=O)NCCNC(=O)NC1c2ccccc2CC1O. The summed E-state index contributed by atoms with van der Waals surface area (Å²) in [6, 6.07) is 6.69. The summed E-state index contributed by atoms with van der Waals surface area (Å²) < 4.78 is 24.8. The molecule has 0 fully saturated rings. The molecular formula is C14H21N3O4S. The van der Waals surface area contributed by atoms with Crippen molar-refractivity contribution >= 4 is 16.1 Å². The van der Waals surface area contributed by atoms with Gasteiger partial charge in [-0.3, -0.25) is 0 Å². The number of aliphatic hydroxyl groups excluding tert-OH is 1. The average molecular weight is 327 g/mol. The van der Waals surface area contributed by atoms with Crippen molar-refractivity contribution in [1.82, 2.24) is 15.4 Å². The highest BCUT2D eigenvalue weighted by atomic mass is 32.2. The van der Waals surface area contributed by atoms with Crippen molar-refractivity contribution in [2.24, 2.45) is 0 Å². The van der Waals surface area contributed by atoms with Gasteiger partial charge < -0.3 is 15.7 Å². The Morgan fingerprint density at radius 3 is 2.77 bits per heavy atom. The van der Waals surface area contributed by atoms with Crippen molar-refractivity contribution in [3.05, 3.63) is 35.4 Å². The predicted molar refractivity (Wildman–Crippen MR) is 82.9 cm³/mol. The summed E-state index contributed by atoms with van der Waals surface area (Å²) in [7, 11) is -3.25. The van der Waals surface area contributed by atoms with Gasteiger partial charge in [0.15, 0.2) is 0 Å². The first-order valence-electron chi connectivity index (χ1n) is 7.20. The summed E-state index contributed by atoms with van der Waals surface area (Å²) in [5.74, 6) is 0.00421. The monoisotopic (exact) mass is 327 g/mol. The maximum absolute atomic E-state index is 11.8. The minimum absolute atomic E-state index is 0.00421. The highest BCUT2D eigenvalue weighted by Gasteiger charge is 2.31. The highest BCUT2D eigenvalue weighted by molar-refractivity contribution is 7.89. The van der Waals surface area contributed by atoms with Crippen molar-refractivity contribution < 1.29 is 18.3 Å². The number of sulfonamides is 1. The van der Waals surface area contributed by atoms with Crippen LogP contribution in [0.1, 0.15) is 24.1 Å². The second kappa shape index (κ2) is 7.08. The van der Waals surface area contributed by atoms with Crippen LogP contribution in [-0.2, 0) is 16.4 Å². The van der Waals surface area contributed by atoms with Crippen molar-refractivity contribution in [1.29, 1.82) is 0 Å². The Morgan fingerprint density at radius 2 is 2.05 bits per heavy atom. The lowest BCUT2D eigenvalue weighted by Crippen LogP contribution is -2.43. The molecule has 2 amide bonds. The summed E-state index contributed by atoms with van der Waals surface area (Å²) in [5, 5.41) is 15.3. The van der Waals surface area contributed by atoms with E-state index in [0.717, 1.165) is 11.1 Å². The number of nitrogens with one attached hydrogen (secondary N) is 3.